The van der Waals surface area contributed by atoms with Gasteiger partial charge in [0.15, 0.2) is 11.0 Å². The zero-order chi connectivity index (χ0) is 26.2. The van der Waals surface area contributed by atoms with E-state index in [0.29, 0.717) is 50.3 Å². The number of hydrogen-bond acceptors (Lipinski definition) is 5. The molecule has 1 atom stereocenters. The highest BCUT2D eigenvalue weighted by atomic mass is 35.5. The van der Waals surface area contributed by atoms with Crippen LogP contribution in [0.4, 0.5) is 5.69 Å². The maximum Gasteiger partial charge on any atom is 0.253 e. The summed E-state index contributed by atoms with van der Waals surface area (Å²) in [5.41, 5.74) is 0.929. The molecule has 2 aromatic carbocycles. The molecule has 0 saturated heterocycles. The molecule has 11 heteroatoms. The van der Waals surface area contributed by atoms with E-state index in [0.717, 1.165) is 0 Å². The molecule has 0 aliphatic carbocycles. The molecule has 0 spiro atoms. The van der Waals surface area contributed by atoms with Crippen LogP contribution in [0.25, 0.3) is 0 Å². The zero-order valence-electron chi connectivity index (χ0n) is 19.8. The van der Waals surface area contributed by atoms with Crippen LogP contribution in [-0.2, 0) is 11.3 Å². The summed E-state index contributed by atoms with van der Waals surface area (Å²) in [6.45, 7) is 8.37. The summed E-state index contributed by atoms with van der Waals surface area (Å²) in [5, 5.41) is 16.2. The summed E-state index contributed by atoms with van der Waals surface area (Å²) in [6.07, 6.45) is 2.35. The van der Waals surface area contributed by atoms with Gasteiger partial charge in [-0.1, -0.05) is 78.6 Å². The molecule has 0 saturated carbocycles. The van der Waals surface area contributed by atoms with Gasteiger partial charge in [0.25, 0.3) is 5.91 Å². The molecule has 0 fully saturated rings. The summed E-state index contributed by atoms with van der Waals surface area (Å²) in [6, 6.07) is 11.3. The second kappa shape index (κ2) is 13.1. The number of nitrogens with one attached hydrogen (secondary N) is 2. The van der Waals surface area contributed by atoms with Gasteiger partial charge in [0.05, 0.1) is 32.4 Å². The summed E-state index contributed by atoms with van der Waals surface area (Å²) < 4.78 is 1.85. The van der Waals surface area contributed by atoms with E-state index in [1.807, 2.05) is 4.57 Å². The number of benzene rings is 2. The molecule has 3 aromatic rings. The molecular weight excluding hydrogens is 541 g/mol. The van der Waals surface area contributed by atoms with Crippen LogP contribution in [0.5, 0.6) is 0 Å². The van der Waals surface area contributed by atoms with Crippen molar-refractivity contribution in [2.45, 2.75) is 38.0 Å². The highest BCUT2D eigenvalue weighted by Crippen LogP contribution is 2.27. The van der Waals surface area contributed by atoms with Crippen molar-refractivity contribution in [3.8, 4) is 0 Å². The second-order valence-electron chi connectivity index (χ2n) is 8.34. The number of allylic oxidation sites excluding steroid dienone is 1. The molecule has 0 aliphatic rings. The Morgan fingerprint density at radius 1 is 1.08 bits per heavy atom. The molecular formula is C25H26Cl3N5O2S. The van der Waals surface area contributed by atoms with Crippen molar-refractivity contribution in [2.75, 3.05) is 11.1 Å². The van der Waals surface area contributed by atoms with Crippen molar-refractivity contribution in [2.24, 2.45) is 5.92 Å². The van der Waals surface area contributed by atoms with E-state index in [2.05, 4.69) is 41.3 Å². The van der Waals surface area contributed by atoms with Crippen molar-refractivity contribution < 1.29 is 9.59 Å². The van der Waals surface area contributed by atoms with Crippen molar-refractivity contribution in [3.05, 3.63) is 81.6 Å². The van der Waals surface area contributed by atoms with Crippen molar-refractivity contribution in [1.82, 2.24) is 20.1 Å². The lowest BCUT2D eigenvalue weighted by Gasteiger charge is -2.21. The highest BCUT2D eigenvalue weighted by molar-refractivity contribution is 7.99. The van der Waals surface area contributed by atoms with E-state index in [1.54, 1.807) is 48.5 Å². The molecule has 0 aliphatic heterocycles. The van der Waals surface area contributed by atoms with Crippen LogP contribution in [-0.4, -0.2) is 32.3 Å². The molecule has 2 amide bonds. The maximum atomic E-state index is 13.0. The van der Waals surface area contributed by atoms with Crippen LogP contribution in [0.15, 0.2) is 60.3 Å². The highest BCUT2D eigenvalue weighted by Gasteiger charge is 2.25. The maximum absolute atomic E-state index is 13.0. The third-order valence-electron chi connectivity index (χ3n) is 5.04. The van der Waals surface area contributed by atoms with E-state index in [4.69, 9.17) is 34.8 Å². The predicted molar refractivity (Wildman–Crippen MR) is 147 cm³/mol. The van der Waals surface area contributed by atoms with Crippen LogP contribution in [0, 0.1) is 5.92 Å². The lowest BCUT2D eigenvalue weighted by Crippen LogP contribution is -2.32. The first-order valence-corrected chi connectivity index (χ1v) is 13.3. The number of nitrogens with zero attached hydrogens (tertiary/aromatic N) is 3. The van der Waals surface area contributed by atoms with Crippen LogP contribution in [0.3, 0.4) is 0 Å². The number of amides is 2. The van der Waals surface area contributed by atoms with Gasteiger partial charge in [0.2, 0.25) is 5.91 Å². The molecule has 0 radical (unpaired) electrons. The normalized spacial score (nSPS) is 11.8. The molecule has 0 unspecified atom stereocenters. The van der Waals surface area contributed by atoms with Crippen LogP contribution < -0.4 is 10.6 Å². The number of rotatable bonds is 11. The van der Waals surface area contributed by atoms with Crippen LogP contribution in [0.1, 0.15) is 42.5 Å². The monoisotopic (exact) mass is 565 g/mol. The fourth-order valence-corrected chi connectivity index (χ4v) is 4.72. The average Bonchev–Trinajstić information content (AvgIpc) is 3.22. The van der Waals surface area contributed by atoms with Gasteiger partial charge in [0.1, 0.15) is 0 Å². The number of hydrogen-bond donors (Lipinski definition) is 2. The van der Waals surface area contributed by atoms with Gasteiger partial charge in [-0.15, -0.1) is 16.8 Å². The Hall–Kier alpha value is -2.52. The number of carbonyl (C=O) groups is 2. The quantitative estimate of drug-likeness (QED) is 0.200. The largest absolute Gasteiger partial charge is 0.342 e. The number of aromatic nitrogens is 3. The lowest BCUT2D eigenvalue weighted by molar-refractivity contribution is -0.113. The third kappa shape index (κ3) is 7.49. The van der Waals surface area contributed by atoms with E-state index in [9.17, 15) is 9.59 Å². The Bertz CT molecular complexity index is 1250. The molecule has 36 heavy (non-hydrogen) atoms. The standard InChI is InChI=1S/C25H26Cl3N5O2S/c1-4-11-33-23(21(12-15(2)3)30-24(35)17-7-5-6-8-18(17)26)31-32-25(33)36-14-22(34)29-16-9-10-19(27)20(28)13-16/h4-10,13,15,21H,1,11-12,14H2,2-3H3,(H,29,34)(H,30,35)/t21-/m0/s1. The van der Waals surface area contributed by atoms with Crippen molar-refractivity contribution in [1.29, 1.82) is 0 Å². The van der Waals surface area contributed by atoms with Gasteiger partial charge in [-0.05, 0) is 42.7 Å². The van der Waals surface area contributed by atoms with Crippen molar-refractivity contribution >= 4 is 64.1 Å². The van der Waals surface area contributed by atoms with Crippen molar-refractivity contribution in [3.63, 3.8) is 0 Å². The minimum atomic E-state index is -0.416. The van der Waals surface area contributed by atoms with E-state index in [1.165, 1.54) is 11.8 Å². The third-order valence-corrected chi connectivity index (χ3v) is 7.07. The number of carbonyl (C=O) groups excluding carboxylic acids is 2. The van der Waals surface area contributed by atoms with E-state index < -0.39 is 6.04 Å². The molecule has 1 aromatic heterocycles. The minimum absolute atomic E-state index is 0.0936. The summed E-state index contributed by atoms with van der Waals surface area (Å²) >= 11 is 19.4. The molecule has 7 nitrogen and oxygen atoms in total. The van der Waals surface area contributed by atoms with Gasteiger partial charge in [-0.25, -0.2) is 0 Å². The lowest BCUT2D eigenvalue weighted by atomic mass is 10.0. The Labute approximate surface area is 229 Å². The molecule has 0 bridgehead atoms. The molecule has 2 N–H and O–H groups in total. The van der Waals surface area contributed by atoms with Gasteiger partial charge in [-0.3, -0.25) is 9.59 Å². The van der Waals surface area contributed by atoms with Gasteiger partial charge < -0.3 is 15.2 Å². The van der Waals surface area contributed by atoms with Gasteiger partial charge >= 0.3 is 0 Å². The zero-order valence-corrected chi connectivity index (χ0v) is 22.9. The average molecular weight is 567 g/mol. The van der Waals surface area contributed by atoms with Gasteiger partial charge in [-0.2, -0.15) is 0 Å². The first-order valence-electron chi connectivity index (χ1n) is 11.2. The fraction of sp³-hybridized carbons (Fsp3) is 0.280. The number of thioether (sulfide) groups is 1. The summed E-state index contributed by atoms with van der Waals surface area (Å²) in [4.78, 5) is 25.5. The Morgan fingerprint density at radius 3 is 2.50 bits per heavy atom. The smallest absolute Gasteiger partial charge is 0.253 e. The Balaban J connectivity index is 1.77. The Kier molecular flexibility index (Phi) is 10.2. The fourth-order valence-electron chi connectivity index (χ4n) is 3.45. The first kappa shape index (κ1) is 28.1. The number of anilines is 1. The summed E-state index contributed by atoms with van der Waals surface area (Å²) in [7, 11) is 0. The first-order chi connectivity index (χ1) is 17.2. The SMILES string of the molecule is C=CCn1c(SCC(=O)Nc2ccc(Cl)c(Cl)c2)nnc1[C@H](CC(C)C)NC(=O)c1ccccc1Cl. The van der Waals surface area contributed by atoms with E-state index >= 15 is 0 Å². The molecule has 3 rings (SSSR count). The summed E-state index contributed by atoms with van der Waals surface area (Å²) in [5.74, 6) is 0.407. The predicted octanol–water partition coefficient (Wildman–Crippen LogP) is 6.67. The van der Waals surface area contributed by atoms with Gasteiger partial charge in [0, 0.05) is 12.2 Å². The topological polar surface area (TPSA) is 88.9 Å². The molecule has 1 heterocycles. The number of halogens is 3. The Morgan fingerprint density at radius 2 is 1.83 bits per heavy atom. The van der Waals surface area contributed by atoms with Crippen LogP contribution in [0.2, 0.25) is 15.1 Å². The molecule has 190 valence electrons. The minimum Gasteiger partial charge on any atom is -0.342 e. The van der Waals surface area contributed by atoms with E-state index in [-0.39, 0.29) is 23.5 Å². The van der Waals surface area contributed by atoms with Crippen LogP contribution >= 0.6 is 46.6 Å². The second-order valence-corrected chi connectivity index (χ2v) is 10.5.